The fourth-order valence-electron chi connectivity index (χ4n) is 2.18. The van der Waals surface area contributed by atoms with E-state index in [1.807, 2.05) is 54.6 Å². The minimum absolute atomic E-state index is 0.221. The maximum absolute atomic E-state index is 12.6. The van der Waals surface area contributed by atoms with Crippen LogP contribution in [-0.4, -0.2) is 11.1 Å². The number of anilines is 1. The molecule has 110 valence electrons. The fraction of sp³-hybridized carbons (Fsp3) is 0.0588. The van der Waals surface area contributed by atoms with Gasteiger partial charge in [-0.2, -0.15) is 0 Å². The van der Waals surface area contributed by atoms with Crippen LogP contribution >= 0.6 is 22.6 Å². The van der Waals surface area contributed by atoms with Gasteiger partial charge in [0.1, 0.15) is 17.0 Å². The summed E-state index contributed by atoms with van der Waals surface area (Å²) in [4.78, 5) is 12.6. The number of para-hydroxylation sites is 1. The Morgan fingerprint density at radius 2 is 1.77 bits per heavy atom. The minimum Gasteiger partial charge on any atom is -0.360 e. The number of aromatic nitrogens is 1. The molecule has 0 fully saturated rings. The van der Waals surface area contributed by atoms with Gasteiger partial charge in [0.25, 0.3) is 5.91 Å². The molecule has 0 aliphatic rings. The lowest BCUT2D eigenvalue weighted by molar-refractivity contribution is 0.102. The Labute approximate surface area is 141 Å². The first-order valence-electron chi connectivity index (χ1n) is 6.74. The van der Waals surface area contributed by atoms with Gasteiger partial charge in [-0.1, -0.05) is 47.6 Å². The van der Waals surface area contributed by atoms with E-state index in [0.29, 0.717) is 17.0 Å². The summed E-state index contributed by atoms with van der Waals surface area (Å²) in [6.45, 7) is 1.74. The number of carbonyl (C=O) groups excluding carboxylic acids is 1. The zero-order valence-electron chi connectivity index (χ0n) is 11.8. The highest BCUT2D eigenvalue weighted by Crippen LogP contribution is 2.26. The van der Waals surface area contributed by atoms with Crippen molar-refractivity contribution in [1.29, 1.82) is 0 Å². The van der Waals surface area contributed by atoms with E-state index in [0.717, 1.165) is 14.8 Å². The average molecular weight is 404 g/mol. The van der Waals surface area contributed by atoms with Gasteiger partial charge in [-0.25, -0.2) is 0 Å². The summed E-state index contributed by atoms with van der Waals surface area (Å²) >= 11 is 2.19. The molecule has 0 radical (unpaired) electrons. The molecular formula is C17H13IN2O2. The second-order valence-corrected chi connectivity index (χ2v) is 5.92. The van der Waals surface area contributed by atoms with E-state index in [9.17, 15) is 4.79 Å². The number of aryl methyl sites for hydroxylation is 1. The van der Waals surface area contributed by atoms with Gasteiger partial charge in [-0.3, -0.25) is 4.79 Å². The maximum Gasteiger partial charge on any atom is 0.261 e. The van der Waals surface area contributed by atoms with E-state index in [2.05, 4.69) is 33.1 Å². The highest BCUT2D eigenvalue weighted by atomic mass is 127. The third-order valence-electron chi connectivity index (χ3n) is 3.26. The van der Waals surface area contributed by atoms with E-state index in [-0.39, 0.29) is 5.91 Å². The number of halogens is 1. The number of nitrogens with zero attached hydrogens (tertiary/aromatic N) is 1. The normalized spacial score (nSPS) is 10.5. The average Bonchev–Trinajstić information content (AvgIpc) is 2.92. The summed E-state index contributed by atoms with van der Waals surface area (Å²) in [7, 11) is 0. The largest absolute Gasteiger partial charge is 0.360 e. The molecule has 0 atom stereocenters. The first kappa shape index (κ1) is 14.8. The van der Waals surface area contributed by atoms with Crippen LogP contribution in [0.25, 0.3) is 11.3 Å². The molecule has 1 heterocycles. The minimum atomic E-state index is -0.221. The van der Waals surface area contributed by atoms with E-state index >= 15 is 0 Å². The number of amides is 1. The molecule has 3 rings (SSSR count). The van der Waals surface area contributed by atoms with Gasteiger partial charge in [0.05, 0.1) is 5.69 Å². The lowest BCUT2D eigenvalue weighted by atomic mass is 10.1. The third kappa shape index (κ3) is 2.89. The molecule has 0 saturated heterocycles. The Bertz CT molecular complexity index is 813. The van der Waals surface area contributed by atoms with Crippen molar-refractivity contribution in [2.45, 2.75) is 6.92 Å². The Hall–Kier alpha value is -2.15. The Morgan fingerprint density at radius 3 is 2.50 bits per heavy atom. The molecule has 0 spiro atoms. The summed E-state index contributed by atoms with van der Waals surface area (Å²) < 4.78 is 6.20. The predicted molar refractivity (Wildman–Crippen MR) is 93.8 cm³/mol. The molecule has 5 heteroatoms. The van der Waals surface area contributed by atoms with Crippen LogP contribution in [-0.2, 0) is 0 Å². The van der Waals surface area contributed by atoms with Crippen LogP contribution in [0.2, 0.25) is 0 Å². The number of hydrogen-bond donors (Lipinski definition) is 1. The number of nitrogens with one attached hydrogen (secondary N) is 1. The fourth-order valence-corrected chi connectivity index (χ4v) is 2.70. The Kier molecular flexibility index (Phi) is 4.24. The first-order chi connectivity index (χ1) is 10.7. The van der Waals surface area contributed by atoms with Crippen molar-refractivity contribution in [2.24, 2.45) is 0 Å². The van der Waals surface area contributed by atoms with Crippen molar-refractivity contribution < 1.29 is 9.32 Å². The van der Waals surface area contributed by atoms with Gasteiger partial charge in [0.2, 0.25) is 0 Å². The quantitative estimate of drug-likeness (QED) is 0.654. The van der Waals surface area contributed by atoms with E-state index in [4.69, 9.17) is 4.52 Å². The van der Waals surface area contributed by atoms with E-state index in [1.54, 1.807) is 6.92 Å². The maximum atomic E-state index is 12.6. The molecule has 2 aromatic carbocycles. The van der Waals surface area contributed by atoms with Gasteiger partial charge in [-0.15, -0.1) is 0 Å². The molecule has 0 bridgehead atoms. The predicted octanol–water partition coefficient (Wildman–Crippen LogP) is 4.51. The number of benzene rings is 2. The van der Waals surface area contributed by atoms with Gasteiger partial charge in [0.15, 0.2) is 0 Å². The number of carbonyl (C=O) groups is 1. The van der Waals surface area contributed by atoms with Gasteiger partial charge in [0, 0.05) is 9.13 Å². The Morgan fingerprint density at radius 1 is 1.09 bits per heavy atom. The molecule has 22 heavy (non-hydrogen) atoms. The first-order valence-corrected chi connectivity index (χ1v) is 7.82. The molecule has 0 aliphatic carbocycles. The summed E-state index contributed by atoms with van der Waals surface area (Å²) in [5, 5.41) is 6.95. The van der Waals surface area contributed by atoms with Crippen LogP contribution in [0.3, 0.4) is 0 Å². The van der Waals surface area contributed by atoms with Crippen molar-refractivity contribution in [3.8, 4) is 11.3 Å². The Balaban J connectivity index is 1.97. The smallest absolute Gasteiger partial charge is 0.261 e. The van der Waals surface area contributed by atoms with Crippen molar-refractivity contribution >= 4 is 34.2 Å². The third-order valence-corrected chi connectivity index (χ3v) is 4.20. The summed E-state index contributed by atoms with van der Waals surface area (Å²) in [6.07, 6.45) is 0. The molecule has 1 amide bonds. The summed E-state index contributed by atoms with van der Waals surface area (Å²) in [5.41, 5.74) is 2.65. The molecule has 1 aromatic heterocycles. The summed E-state index contributed by atoms with van der Waals surface area (Å²) in [5.74, 6) is 0.281. The lowest BCUT2D eigenvalue weighted by Crippen LogP contribution is -2.14. The van der Waals surface area contributed by atoms with E-state index in [1.165, 1.54) is 0 Å². The lowest BCUT2D eigenvalue weighted by Gasteiger charge is -2.07. The van der Waals surface area contributed by atoms with Crippen molar-refractivity contribution in [3.05, 3.63) is 69.5 Å². The molecule has 0 unspecified atom stereocenters. The molecule has 0 saturated carbocycles. The molecule has 3 aromatic rings. The van der Waals surface area contributed by atoms with Crippen LogP contribution in [0.4, 0.5) is 5.69 Å². The van der Waals surface area contributed by atoms with Crippen molar-refractivity contribution in [2.75, 3.05) is 5.32 Å². The zero-order chi connectivity index (χ0) is 15.5. The highest BCUT2D eigenvalue weighted by Gasteiger charge is 2.21. The highest BCUT2D eigenvalue weighted by molar-refractivity contribution is 14.1. The standard InChI is InChI=1S/C17H13IN2O2/c1-11-15(16(20-22-11)12-7-3-2-4-8-12)17(21)19-14-10-6-5-9-13(14)18/h2-10H,1H3,(H,19,21). The molecule has 4 nitrogen and oxygen atoms in total. The van der Waals surface area contributed by atoms with E-state index < -0.39 is 0 Å². The van der Waals surface area contributed by atoms with Crippen LogP contribution < -0.4 is 5.32 Å². The SMILES string of the molecule is Cc1onc(-c2ccccc2)c1C(=O)Nc1ccccc1I. The van der Waals surface area contributed by atoms with Gasteiger partial charge < -0.3 is 9.84 Å². The molecule has 1 N–H and O–H groups in total. The second kappa shape index (κ2) is 6.31. The van der Waals surface area contributed by atoms with Crippen molar-refractivity contribution in [3.63, 3.8) is 0 Å². The van der Waals surface area contributed by atoms with Gasteiger partial charge in [-0.05, 0) is 41.6 Å². The van der Waals surface area contributed by atoms with Crippen LogP contribution in [0, 0.1) is 10.5 Å². The number of hydrogen-bond acceptors (Lipinski definition) is 3. The number of rotatable bonds is 3. The summed E-state index contributed by atoms with van der Waals surface area (Å²) in [6, 6.07) is 17.2. The van der Waals surface area contributed by atoms with Crippen LogP contribution in [0.5, 0.6) is 0 Å². The van der Waals surface area contributed by atoms with Gasteiger partial charge >= 0.3 is 0 Å². The van der Waals surface area contributed by atoms with Crippen molar-refractivity contribution in [1.82, 2.24) is 5.16 Å². The van der Waals surface area contributed by atoms with Crippen LogP contribution in [0.1, 0.15) is 16.1 Å². The molecular weight excluding hydrogens is 391 g/mol. The topological polar surface area (TPSA) is 55.1 Å². The molecule has 0 aliphatic heterocycles. The zero-order valence-corrected chi connectivity index (χ0v) is 14.0. The van der Waals surface area contributed by atoms with Crippen LogP contribution in [0.15, 0.2) is 59.1 Å². The monoisotopic (exact) mass is 404 g/mol. The second-order valence-electron chi connectivity index (χ2n) is 4.76.